The largest absolute Gasteiger partial charge is 0.466 e. The summed E-state index contributed by atoms with van der Waals surface area (Å²) in [6, 6.07) is -0.0463. The number of ketones is 1. The summed E-state index contributed by atoms with van der Waals surface area (Å²) in [4.78, 5) is 51.1. The van der Waals surface area contributed by atoms with E-state index in [9.17, 15) is 49.2 Å². The van der Waals surface area contributed by atoms with Gasteiger partial charge in [0, 0.05) is 84.6 Å². The van der Waals surface area contributed by atoms with Crippen LogP contribution in [-0.2, 0) is 53.6 Å². The van der Waals surface area contributed by atoms with Crippen LogP contribution in [0.1, 0.15) is 64.2 Å². The van der Waals surface area contributed by atoms with E-state index in [-0.39, 0.29) is 23.8 Å². The number of rotatable bonds is 0. The molecule has 0 spiro atoms. The first-order valence-electron chi connectivity index (χ1n) is 18.8. The topological polar surface area (TPSA) is 293 Å². The molecule has 0 atom stereocenters. The van der Waals surface area contributed by atoms with Gasteiger partial charge in [-0.15, -0.1) is 0 Å². The Kier molecular flexibility index (Phi) is 26.7. The van der Waals surface area contributed by atoms with Gasteiger partial charge >= 0.3 is 12.0 Å². The average molecular weight is 847 g/mol. The second kappa shape index (κ2) is 29.3. The molecule has 8 fully saturated rings. The zero-order chi connectivity index (χ0) is 40.8. The quantitative estimate of drug-likeness (QED) is 0.113. The van der Waals surface area contributed by atoms with Crippen LogP contribution in [0.25, 0.3) is 0 Å². The summed E-state index contributed by atoms with van der Waals surface area (Å²) in [6.45, 7) is 9.04. The molecule has 23 heteroatoms. The average Bonchev–Trinajstić information content (AvgIpc) is 4.01. The summed E-state index contributed by atoms with van der Waals surface area (Å²) in [7, 11) is -7.99. The van der Waals surface area contributed by atoms with Gasteiger partial charge in [0.1, 0.15) is 15.6 Å². The molecule has 0 aliphatic carbocycles. The van der Waals surface area contributed by atoms with E-state index in [1.165, 1.54) is 0 Å². The third-order valence-electron chi connectivity index (χ3n) is 7.94. The van der Waals surface area contributed by atoms with E-state index in [4.69, 9.17) is 0 Å². The Bertz CT molecular complexity index is 1330. The van der Waals surface area contributed by atoms with Crippen molar-refractivity contribution in [1.29, 1.82) is 0 Å². The maximum atomic E-state index is 10.6. The summed E-state index contributed by atoms with van der Waals surface area (Å²) in [6.07, 6.45) is 8.37. The van der Waals surface area contributed by atoms with Crippen LogP contribution in [0, 0.1) is 0 Å². The summed E-state index contributed by atoms with van der Waals surface area (Å²) in [5, 5.41) is 19.5. The van der Waals surface area contributed by atoms with Gasteiger partial charge in [0.15, 0.2) is 9.84 Å². The third kappa shape index (κ3) is 30.9. The van der Waals surface area contributed by atoms with Crippen molar-refractivity contribution in [2.24, 2.45) is 0 Å². The third-order valence-corrected chi connectivity index (χ3v) is 12.9. The fourth-order valence-electron chi connectivity index (χ4n) is 4.89. The van der Waals surface area contributed by atoms with Gasteiger partial charge in [-0.25, -0.2) is 34.8 Å². The summed E-state index contributed by atoms with van der Waals surface area (Å²) >= 11 is 0. The maximum absolute atomic E-state index is 10.6. The number of nitrogens with one attached hydrogen (secondary N) is 8. The van der Waals surface area contributed by atoms with Gasteiger partial charge < -0.3 is 42.0 Å². The van der Waals surface area contributed by atoms with E-state index in [2.05, 4.69) is 46.7 Å². The van der Waals surface area contributed by atoms with Gasteiger partial charge in [-0.05, 0) is 45.1 Å². The van der Waals surface area contributed by atoms with Crippen molar-refractivity contribution < 1.29 is 54.0 Å². The second-order valence-electron chi connectivity index (χ2n) is 13.0. The Hall–Kier alpha value is -2.96. The molecule has 8 aliphatic rings. The number of Topliss-reactive ketones (excluding diaryl/α,β-unsaturated/α-hetero) is 1. The summed E-state index contributed by atoms with van der Waals surface area (Å²) in [5.74, 6) is 2.46. The number of hydrogen-bond acceptors (Lipinski definition) is 15. The Morgan fingerprint density at radius 1 is 0.436 bits per heavy atom. The van der Waals surface area contributed by atoms with E-state index in [1.807, 2.05) is 0 Å². The van der Waals surface area contributed by atoms with Crippen molar-refractivity contribution in [2.75, 3.05) is 107 Å². The monoisotopic (exact) mass is 846 g/mol. The lowest BCUT2D eigenvalue weighted by atomic mass is 10.2. The van der Waals surface area contributed by atoms with Gasteiger partial charge in [0.2, 0.25) is 21.8 Å². The Labute approximate surface area is 325 Å². The first-order chi connectivity index (χ1) is 26.1. The zero-order valence-electron chi connectivity index (χ0n) is 31.7. The molecule has 0 saturated carbocycles. The first kappa shape index (κ1) is 50.1. The number of amides is 4. The van der Waals surface area contributed by atoms with E-state index in [0.29, 0.717) is 73.8 Å². The molecule has 0 bridgehead atoms. The van der Waals surface area contributed by atoms with Crippen LogP contribution >= 0.6 is 0 Å². The number of sulfonamides is 1. The molecule has 8 heterocycles. The molecule has 0 aromatic heterocycles. The van der Waals surface area contributed by atoms with Crippen LogP contribution in [0.2, 0.25) is 0 Å². The number of esters is 1. The number of carbonyl (C=O) groups excluding carboxylic acids is 5. The fourth-order valence-corrected chi connectivity index (χ4v) is 8.62. The molecule has 8 aliphatic heterocycles. The van der Waals surface area contributed by atoms with Crippen LogP contribution < -0.4 is 41.9 Å². The minimum absolute atomic E-state index is 0.0463. The van der Waals surface area contributed by atoms with Crippen LogP contribution in [-0.4, -0.2) is 162 Å². The van der Waals surface area contributed by atoms with E-state index in [0.717, 1.165) is 104 Å². The molecule has 8 saturated heterocycles. The normalized spacial score (nSPS) is 23.9. The lowest BCUT2D eigenvalue weighted by Gasteiger charge is -2.11. The predicted molar refractivity (Wildman–Crippen MR) is 207 cm³/mol. The van der Waals surface area contributed by atoms with Gasteiger partial charge in [-0.3, -0.25) is 19.2 Å². The van der Waals surface area contributed by atoms with Crippen molar-refractivity contribution >= 4 is 59.3 Å². The number of cyclic esters (lactones) is 1. The lowest BCUT2D eigenvalue weighted by molar-refractivity contribution is -0.138. The minimum atomic E-state index is -2.80. The molecular weight excluding hydrogens is 785 g/mol. The molecule has 0 unspecified atom stereocenters. The highest BCUT2D eigenvalue weighted by Crippen LogP contribution is 2.08. The molecule has 0 radical (unpaired) electrons. The van der Waals surface area contributed by atoms with Crippen LogP contribution in [0.5, 0.6) is 0 Å². The van der Waals surface area contributed by atoms with E-state index in [1.54, 1.807) is 0 Å². The number of hydrogen-bond donors (Lipinski definition) is 8. The van der Waals surface area contributed by atoms with Crippen molar-refractivity contribution in [1.82, 2.24) is 41.9 Å². The molecule has 20 nitrogen and oxygen atoms in total. The molecular formula is C32H62N8O12S3. The van der Waals surface area contributed by atoms with Crippen molar-refractivity contribution in [2.45, 2.75) is 64.2 Å². The molecule has 8 N–H and O–H groups in total. The van der Waals surface area contributed by atoms with Gasteiger partial charge in [-0.1, -0.05) is 0 Å². The van der Waals surface area contributed by atoms with Gasteiger partial charge in [-0.2, -0.15) is 0 Å². The molecule has 8 rings (SSSR count). The van der Waals surface area contributed by atoms with Crippen LogP contribution in [0.3, 0.4) is 0 Å². The molecule has 55 heavy (non-hydrogen) atoms. The highest BCUT2D eigenvalue weighted by atomic mass is 32.2. The SMILES string of the molecule is O=C1CCCN1.O=C1CCCNCC1.O=C1CCCO1.O=C1CNCCN1.O=C1NCCN1.O=S1(=O)CCCC1.O=S1(=O)CCCN1.O=S1(=O)CCNCC1. The van der Waals surface area contributed by atoms with E-state index >= 15 is 0 Å². The Morgan fingerprint density at radius 3 is 1.33 bits per heavy atom. The van der Waals surface area contributed by atoms with Crippen LogP contribution in [0.15, 0.2) is 0 Å². The van der Waals surface area contributed by atoms with Crippen molar-refractivity contribution in [3.63, 3.8) is 0 Å². The highest BCUT2D eigenvalue weighted by molar-refractivity contribution is 7.91. The number of ether oxygens (including phenoxy) is 1. The van der Waals surface area contributed by atoms with Gasteiger partial charge in [0.05, 0.1) is 41.9 Å². The minimum Gasteiger partial charge on any atom is -0.466 e. The Balaban J connectivity index is 0.000000315. The van der Waals surface area contributed by atoms with Gasteiger partial charge in [0.25, 0.3) is 0 Å². The van der Waals surface area contributed by atoms with Crippen molar-refractivity contribution in [3.05, 3.63) is 0 Å². The van der Waals surface area contributed by atoms with E-state index < -0.39 is 29.7 Å². The number of piperazine rings is 1. The smallest absolute Gasteiger partial charge is 0.314 e. The standard InChI is InChI=1S/C6H11NO.C4H8N2O.C4H9NO2S.C4H7NO.C4H8O2S.C4H6O2.C3H6N2O.C3H7NO2S/c8-6-2-1-4-7-5-3-6;7-4-3-5-1-2-6-4;6-8(7)3-1-5-2-4-8;6-4-2-1-3-5-4;5-7(6)3-1-2-4-7;5-4-2-1-3-6-4;6-3-4-1-2-5-3;5-7(6)3-1-2-4-7/h7H,1-5H2;5H,1-3H2,(H,6,7);5H,1-4H2;1-3H2,(H,5,6);1-4H2;1-3H2;1-2H2,(H2,4,5,6);4H,1-3H2. The number of sulfone groups is 2. The molecule has 320 valence electrons. The lowest BCUT2D eigenvalue weighted by Crippen LogP contribution is -2.44. The Morgan fingerprint density at radius 2 is 1.04 bits per heavy atom. The zero-order valence-corrected chi connectivity index (χ0v) is 34.2. The summed E-state index contributed by atoms with van der Waals surface area (Å²) < 4.78 is 69.6. The number of urea groups is 1. The van der Waals surface area contributed by atoms with Crippen LogP contribution in [0.4, 0.5) is 4.79 Å². The first-order valence-corrected chi connectivity index (χ1v) is 24.1. The molecule has 0 aromatic carbocycles. The molecule has 0 aromatic rings. The number of carbonyl (C=O) groups is 5. The van der Waals surface area contributed by atoms with Crippen molar-refractivity contribution in [3.8, 4) is 0 Å². The molecule has 4 amide bonds. The second-order valence-corrected chi connectivity index (χ2v) is 19.5. The fraction of sp³-hybridized carbons (Fsp3) is 0.844. The maximum Gasteiger partial charge on any atom is 0.314 e. The highest BCUT2D eigenvalue weighted by Gasteiger charge is 2.17. The predicted octanol–water partition coefficient (Wildman–Crippen LogP) is -2.94. The summed E-state index contributed by atoms with van der Waals surface area (Å²) in [5.41, 5.74) is 0.